The molecule has 0 saturated heterocycles. The third-order valence-electron chi connectivity index (χ3n) is 4.12. The summed E-state index contributed by atoms with van der Waals surface area (Å²) < 4.78 is 40.2. The topological polar surface area (TPSA) is 39.5 Å². The molecule has 0 aliphatic heterocycles. The molecule has 10 heteroatoms. The normalized spacial score (nSPS) is 11.2. The van der Waals surface area contributed by atoms with Crippen molar-refractivity contribution in [2.24, 2.45) is 0 Å². The number of anilines is 1. The molecule has 3 aromatic rings. The van der Waals surface area contributed by atoms with Gasteiger partial charge in [0.15, 0.2) is 11.6 Å². The molecule has 0 atom stereocenters. The van der Waals surface area contributed by atoms with Gasteiger partial charge in [0, 0.05) is 10.7 Å². The lowest BCUT2D eigenvalue weighted by atomic mass is 10.2. The number of nitrogens with zero attached hydrogens (tertiary/aromatic N) is 3. The second kappa shape index (κ2) is 9.19. The van der Waals surface area contributed by atoms with Crippen LogP contribution >= 0.6 is 39.7 Å². The van der Waals surface area contributed by atoms with Crippen LogP contribution in [0.15, 0.2) is 40.9 Å². The van der Waals surface area contributed by atoms with Crippen LogP contribution in [0.3, 0.4) is 0 Å². The van der Waals surface area contributed by atoms with E-state index < -0.39 is 13.0 Å². The Balaban J connectivity index is 2.09. The number of aromatic nitrogens is 2. The van der Waals surface area contributed by atoms with Crippen LogP contribution in [0.25, 0.3) is 10.9 Å². The fraction of sp³-hybridized carbons (Fsp3) is 0.278. The SMILES string of the molecule is COc1ccc(CN(SC)c2nn(CC(F)F)c3c(Br)ccc(OCl)c23)cc1. The summed E-state index contributed by atoms with van der Waals surface area (Å²) in [5.74, 6) is 1.60. The molecule has 0 unspecified atom stereocenters. The number of methoxy groups -OCH3 is 1. The molecule has 0 bridgehead atoms. The lowest BCUT2D eigenvalue weighted by molar-refractivity contribution is 0.123. The summed E-state index contributed by atoms with van der Waals surface area (Å²) in [5.41, 5.74) is 1.51. The lowest BCUT2D eigenvalue weighted by Crippen LogP contribution is -2.15. The number of hydrogen-bond acceptors (Lipinski definition) is 5. The highest BCUT2D eigenvalue weighted by Crippen LogP contribution is 2.41. The van der Waals surface area contributed by atoms with E-state index in [2.05, 4.69) is 21.0 Å². The minimum Gasteiger partial charge on any atom is -0.497 e. The molecule has 0 aliphatic carbocycles. The van der Waals surface area contributed by atoms with Gasteiger partial charge in [0.05, 0.1) is 24.6 Å². The minimum atomic E-state index is -2.55. The molecule has 2 aromatic carbocycles. The summed E-state index contributed by atoms with van der Waals surface area (Å²) in [7, 11) is 1.61. The molecule has 0 spiro atoms. The first kappa shape index (κ1) is 21.0. The molecule has 0 fully saturated rings. The van der Waals surface area contributed by atoms with Gasteiger partial charge in [-0.3, -0.25) is 8.99 Å². The minimum absolute atomic E-state index is 0.351. The summed E-state index contributed by atoms with van der Waals surface area (Å²) in [5, 5.41) is 5.01. The van der Waals surface area contributed by atoms with Crippen molar-refractivity contribution in [3.63, 3.8) is 0 Å². The van der Waals surface area contributed by atoms with Gasteiger partial charge in [-0.15, -0.1) is 0 Å². The van der Waals surface area contributed by atoms with Crippen LogP contribution in [-0.2, 0) is 13.1 Å². The highest BCUT2D eigenvalue weighted by Gasteiger charge is 2.24. The maximum Gasteiger partial charge on any atom is 0.257 e. The van der Waals surface area contributed by atoms with Gasteiger partial charge < -0.3 is 9.03 Å². The van der Waals surface area contributed by atoms with E-state index in [0.29, 0.717) is 33.5 Å². The number of rotatable bonds is 8. The molecule has 0 saturated carbocycles. The summed E-state index contributed by atoms with van der Waals surface area (Å²) in [4.78, 5) is 0. The van der Waals surface area contributed by atoms with E-state index in [0.717, 1.165) is 11.3 Å². The fourth-order valence-corrected chi connectivity index (χ4v) is 4.10. The zero-order valence-corrected chi connectivity index (χ0v) is 18.2. The Labute approximate surface area is 179 Å². The second-order valence-corrected chi connectivity index (χ2v) is 7.62. The fourth-order valence-electron chi connectivity index (χ4n) is 2.85. The van der Waals surface area contributed by atoms with Gasteiger partial charge in [0.2, 0.25) is 0 Å². The molecule has 150 valence electrons. The molecule has 0 aliphatic rings. The Hall–Kier alpha value is -1.71. The van der Waals surface area contributed by atoms with Crippen LogP contribution in [0.5, 0.6) is 11.5 Å². The Morgan fingerprint density at radius 1 is 1.25 bits per heavy atom. The molecule has 1 heterocycles. The lowest BCUT2D eigenvalue weighted by Gasteiger charge is -2.20. The Morgan fingerprint density at radius 2 is 1.96 bits per heavy atom. The molecule has 1 aromatic heterocycles. The van der Waals surface area contributed by atoms with Crippen molar-refractivity contribution in [3.8, 4) is 11.5 Å². The molecule has 0 N–H and O–H groups in total. The molecular formula is C18H17BrClF2N3O2S. The van der Waals surface area contributed by atoms with Gasteiger partial charge in [0.25, 0.3) is 6.43 Å². The van der Waals surface area contributed by atoms with E-state index in [-0.39, 0.29) is 0 Å². The highest BCUT2D eigenvalue weighted by molar-refractivity contribution is 9.10. The van der Waals surface area contributed by atoms with E-state index in [9.17, 15) is 8.78 Å². The van der Waals surface area contributed by atoms with Gasteiger partial charge in [-0.05, 0) is 45.8 Å². The molecule has 3 rings (SSSR count). The number of benzene rings is 2. The van der Waals surface area contributed by atoms with Crippen LogP contribution < -0.4 is 13.3 Å². The monoisotopic (exact) mass is 491 g/mol. The first-order valence-electron chi connectivity index (χ1n) is 8.18. The van der Waals surface area contributed by atoms with Crippen LogP contribution in [0.2, 0.25) is 0 Å². The maximum absolute atomic E-state index is 13.1. The van der Waals surface area contributed by atoms with Gasteiger partial charge in [-0.25, -0.2) is 8.78 Å². The standard InChI is InChI=1S/C18H17BrClF2N3O2S/c1-26-12-5-3-11(4-6-12)9-25(28-2)18-16-14(27-20)8-7-13(19)17(16)24(23-18)10-15(21)22/h3-8,15H,9-10H2,1-2H3. The van der Waals surface area contributed by atoms with E-state index >= 15 is 0 Å². The van der Waals surface area contributed by atoms with Crippen LogP contribution in [0.1, 0.15) is 5.56 Å². The molecule has 5 nitrogen and oxygen atoms in total. The number of fused-ring (bicyclic) bond motifs is 1. The van der Waals surface area contributed by atoms with E-state index in [4.69, 9.17) is 20.9 Å². The van der Waals surface area contributed by atoms with Crippen LogP contribution in [0.4, 0.5) is 14.6 Å². The zero-order valence-electron chi connectivity index (χ0n) is 15.0. The number of hydrogen-bond donors (Lipinski definition) is 0. The Morgan fingerprint density at radius 3 is 2.54 bits per heavy atom. The van der Waals surface area contributed by atoms with E-state index in [1.54, 1.807) is 19.2 Å². The van der Waals surface area contributed by atoms with E-state index in [1.807, 2.05) is 34.8 Å². The smallest absolute Gasteiger partial charge is 0.257 e. The summed E-state index contributed by atoms with van der Waals surface area (Å²) in [6.45, 7) is -0.0359. The molecule has 0 amide bonds. The predicted molar refractivity (Wildman–Crippen MR) is 113 cm³/mol. The van der Waals surface area contributed by atoms with Crippen molar-refractivity contribution in [2.45, 2.75) is 19.5 Å². The number of halogens is 4. The van der Waals surface area contributed by atoms with Crippen molar-refractivity contribution in [3.05, 3.63) is 46.4 Å². The maximum atomic E-state index is 13.1. The average Bonchev–Trinajstić information content (AvgIpc) is 3.06. The predicted octanol–water partition coefficient (Wildman–Crippen LogP) is 5.89. The second-order valence-electron chi connectivity index (χ2n) is 5.81. The van der Waals surface area contributed by atoms with Crippen LogP contribution in [0, 0.1) is 0 Å². The van der Waals surface area contributed by atoms with Gasteiger partial charge in [-0.2, -0.15) is 5.10 Å². The van der Waals surface area contributed by atoms with Crippen molar-refractivity contribution in [1.82, 2.24) is 9.78 Å². The van der Waals surface area contributed by atoms with Gasteiger partial charge in [0.1, 0.15) is 24.2 Å². The van der Waals surface area contributed by atoms with Gasteiger partial charge in [-0.1, -0.05) is 24.1 Å². The van der Waals surface area contributed by atoms with Crippen LogP contribution in [-0.4, -0.2) is 29.6 Å². The van der Waals surface area contributed by atoms with E-state index in [1.165, 1.54) is 16.6 Å². The molecular weight excluding hydrogens is 476 g/mol. The third-order valence-corrected chi connectivity index (χ3v) is 5.67. The summed E-state index contributed by atoms with van der Waals surface area (Å²) in [6, 6.07) is 11.0. The van der Waals surface area contributed by atoms with Crippen molar-refractivity contribution in [2.75, 3.05) is 17.7 Å². The Bertz CT molecular complexity index is 956. The highest BCUT2D eigenvalue weighted by atomic mass is 79.9. The average molecular weight is 493 g/mol. The zero-order chi connectivity index (χ0) is 20.3. The van der Waals surface area contributed by atoms with Crippen molar-refractivity contribution < 1.29 is 17.8 Å². The quantitative estimate of drug-likeness (QED) is 0.367. The summed E-state index contributed by atoms with van der Waals surface area (Å²) in [6.07, 6.45) is -0.659. The first-order valence-corrected chi connectivity index (χ1v) is 10.5. The Kier molecular flexibility index (Phi) is 6.90. The number of alkyl halides is 2. The number of ether oxygens (including phenoxy) is 1. The summed E-state index contributed by atoms with van der Waals surface area (Å²) >= 11 is 10.5. The third kappa shape index (κ3) is 4.31. The van der Waals surface area contributed by atoms with Crippen molar-refractivity contribution >= 4 is 56.5 Å². The molecule has 28 heavy (non-hydrogen) atoms. The molecule has 0 radical (unpaired) electrons. The first-order chi connectivity index (χ1) is 13.5. The van der Waals surface area contributed by atoms with Crippen molar-refractivity contribution in [1.29, 1.82) is 0 Å². The largest absolute Gasteiger partial charge is 0.497 e. The van der Waals surface area contributed by atoms with Gasteiger partial charge >= 0.3 is 0 Å².